The van der Waals surface area contributed by atoms with E-state index in [1.54, 1.807) is 0 Å². The van der Waals surface area contributed by atoms with E-state index in [-0.39, 0.29) is 12.5 Å². The molecule has 0 aromatic carbocycles. The Labute approximate surface area is 87.8 Å². The van der Waals surface area contributed by atoms with Crippen LogP contribution in [0.25, 0.3) is 0 Å². The standard InChI is InChI=1S/C9H15NO5/c1-14-5-3-10-7(6-8(11)12)2-4-15-9(10)13/h7H,2-6H2,1H3,(H,11,12). The number of cyclic esters (lactones) is 1. The lowest BCUT2D eigenvalue weighted by atomic mass is 10.1. The third-order valence-corrected chi connectivity index (χ3v) is 2.30. The molecule has 1 fully saturated rings. The first-order valence-electron chi connectivity index (χ1n) is 4.79. The average molecular weight is 217 g/mol. The summed E-state index contributed by atoms with van der Waals surface area (Å²) >= 11 is 0. The highest BCUT2D eigenvalue weighted by Crippen LogP contribution is 2.16. The van der Waals surface area contributed by atoms with Crippen molar-refractivity contribution in [3.63, 3.8) is 0 Å². The fraction of sp³-hybridized carbons (Fsp3) is 0.778. The number of hydrogen-bond donors (Lipinski definition) is 1. The van der Waals surface area contributed by atoms with Crippen LogP contribution < -0.4 is 0 Å². The third-order valence-electron chi connectivity index (χ3n) is 2.30. The molecule has 1 rings (SSSR count). The minimum atomic E-state index is -0.905. The summed E-state index contributed by atoms with van der Waals surface area (Å²) < 4.78 is 9.69. The van der Waals surface area contributed by atoms with Crippen molar-refractivity contribution < 1.29 is 24.2 Å². The lowest BCUT2D eigenvalue weighted by molar-refractivity contribution is -0.138. The van der Waals surface area contributed by atoms with Crippen molar-refractivity contribution in [2.75, 3.05) is 26.9 Å². The van der Waals surface area contributed by atoms with E-state index < -0.39 is 12.1 Å². The molecule has 0 spiro atoms. The summed E-state index contributed by atoms with van der Waals surface area (Å²) in [6.07, 6.45) is 0.0603. The Morgan fingerprint density at radius 3 is 3.07 bits per heavy atom. The minimum absolute atomic E-state index is 0.0428. The molecule has 6 heteroatoms. The highest BCUT2D eigenvalue weighted by atomic mass is 16.6. The normalized spacial score (nSPS) is 21.3. The summed E-state index contributed by atoms with van der Waals surface area (Å²) in [5, 5.41) is 8.69. The van der Waals surface area contributed by atoms with E-state index in [4.69, 9.17) is 14.6 Å². The molecule has 0 aromatic heterocycles. The Morgan fingerprint density at radius 1 is 1.73 bits per heavy atom. The van der Waals surface area contributed by atoms with Crippen molar-refractivity contribution in [1.29, 1.82) is 0 Å². The predicted octanol–water partition coefficient (Wildman–Crippen LogP) is 0.318. The molecule has 1 unspecified atom stereocenters. The van der Waals surface area contributed by atoms with Crippen LogP contribution >= 0.6 is 0 Å². The zero-order valence-electron chi connectivity index (χ0n) is 8.64. The molecule has 0 aromatic rings. The number of amides is 1. The van der Waals surface area contributed by atoms with Crippen molar-refractivity contribution in [3.05, 3.63) is 0 Å². The largest absolute Gasteiger partial charge is 0.481 e. The molecule has 1 atom stereocenters. The molecular weight excluding hydrogens is 202 g/mol. The van der Waals surface area contributed by atoms with Crippen molar-refractivity contribution in [3.8, 4) is 0 Å². The van der Waals surface area contributed by atoms with Gasteiger partial charge in [0.1, 0.15) is 0 Å². The van der Waals surface area contributed by atoms with E-state index >= 15 is 0 Å². The second kappa shape index (κ2) is 5.55. The molecule has 15 heavy (non-hydrogen) atoms. The molecule has 86 valence electrons. The molecule has 6 nitrogen and oxygen atoms in total. The zero-order valence-corrected chi connectivity index (χ0v) is 8.64. The van der Waals surface area contributed by atoms with Crippen LogP contribution in [0.15, 0.2) is 0 Å². The van der Waals surface area contributed by atoms with Gasteiger partial charge in [-0.2, -0.15) is 0 Å². The molecule has 0 aliphatic carbocycles. The smallest absolute Gasteiger partial charge is 0.410 e. The average Bonchev–Trinajstić information content (AvgIpc) is 2.16. The fourth-order valence-electron chi connectivity index (χ4n) is 1.55. The van der Waals surface area contributed by atoms with E-state index in [0.717, 1.165) is 0 Å². The van der Waals surface area contributed by atoms with Gasteiger partial charge >= 0.3 is 12.1 Å². The van der Waals surface area contributed by atoms with Crippen LogP contribution in [-0.4, -0.2) is 55.0 Å². The van der Waals surface area contributed by atoms with Crippen molar-refractivity contribution >= 4 is 12.1 Å². The van der Waals surface area contributed by atoms with E-state index in [0.29, 0.717) is 26.2 Å². The van der Waals surface area contributed by atoms with Gasteiger partial charge in [-0.25, -0.2) is 4.79 Å². The molecule has 1 N–H and O–H groups in total. The van der Waals surface area contributed by atoms with Gasteiger partial charge in [0, 0.05) is 26.1 Å². The van der Waals surface area contributed by atoms with E-state index in [1.165, 1.54) is 12.0 Å². The van der Waals surface area contributed by atoms with Crippen molar-refractivity contribution in [1.82, 2.24) is 4.90 Å². The summed E-state index contributed by atoms with van der Waals surface area (Å²) in [6.45, 7) is 1.04. The van der Waals surface area contributed by atoms with Crippen LogP contribution in [0.5, 0.6) is 0 Å². The lowest BCUT2D eigenvalue weighted by Gasteiger charge is -2.33. The maximum atomic E-state index is 11.3. The first-order valence-corrected chi connectivity index (χ1v) is 4.79. The molecular formula is C9H15NO5. The Balaban J connectivity index is 2.55. The van der Waals surface area contributed by atoms with Crippen LogP contribution in [0.3, 0.4) is 0 Å². The monoisotopic (exact) mass is 217 g/mol. The SMILES string of the molecule is COCCN1C(=O)OCCC1CC(=O)O. The number of ether oxygens (including phenoxy) is 2. The summed E-state index contributed by atoms with van der Waals surface area (Å²) in [4.78, 5) is 23.3. The van der Waals surface area contributed by atoms with Crippen LogP contribution in [0.1, 0.15) is 12.8 Å². The van der Waals surface area contributed by atoms with E-state index in [9.17, 15) is 9.59 Å². The second-order valence-electron chi connectivity index (χ2n) is 3.34. The second-order valence-corrected chi connectivity index (χ2v) is 3.34. The number of carboxylic acid groups (broad SMARTS) is 1. The van der Waals surface area contributed by atoms with Crippen molar-refractivity contribution in [2.45, 2.75) is 18.9 Å². The first-order chi connectivity index (χ1) is 7.15. The van der Waals surface area contributed by atoms with Crippen LogP contribution in [-0.2, 0) is 14.3 Å². The van der Waals surface area contributed by atoms with Gasteiger partial charge in [-0.1, -0.05) is 0 Å². The number of methoxy groups -OCH3 is 1. The number of nitrogens with zero attached hydrogens (tertiary/aromatic N) is 1. The number of carboxylic acids is 1. The van der Waals surface area contributed by atoms with Gasteiger partial charge < -0.3 is 19.5 Å². The van der Waals surface area contributed by atoms with Gasteiger partial charge in [-0.3, -0.25) is 4.79 Å². The van der Waals surface area contributed by atoms with Crippen LogP contribution in [0.2, 0.25) is 0 Å². The molecule has 0 bridgehead atoms. The highest BCUT2D eigenvalue weighted by Gasteiger charge is 2.30. The molecule has 1 amide bonds. The molecule has 1 heterocycles. The molecule has 0 saturated carbocycles. The molecule has 0 radical (unpaired) electrons. The summed E-state index contributed by atoms with van der Waals surface area (Å²) in [5.74, 6) is -0.905. The molecule has 1 saturated heterocycles. The Hall–Kier alpha value is -1.30. The Kier molecular flexibility index (Phi) is 4.36. The summed E-state index contributed by atoms with van der Waals surface area (Å²) in [5.41, 5.74) is 0. The fourth-order valence-corrected chi connectivity index (χ4v) is 1.55. The minimum Gasteiger partial charge on any atom is -0.481 e. The van der Waals surface area contributed by atoms with E-state index in [2.05, 4.69) is 0 Å². The molecule has 1 aliphatic rings. The number of aliphatic carboxylic acids is 1. The van der Waals surface area contributed by atoms with Crippen LogP contribution in [0, 0.1) is 0 Å². The Bertz CT molecular complexity index is 243. The number of hydrogen-bond acceptors (Lipinski definition) is 4. The first kappa shape index (κ1) is 11.8. The highest BCUT2D eigenvalue weighted by molar-refractivity contribution is 5.72. The van der Waals surface area contributed by atoms with Gasteiger partial charge in [0.25, 0.3) is 0 Å². The predicted molar refractivity (Wildman–Crippen MR) is 50.6 cm³/mol. The lowest BCUT2D eigenvalue weighted by Crippen LogP contribution is -2.47. The quantitative estimate of drug-likeness (QED) is 0.717. The van der Waals surface area contributed by atoms with Gasteiger partial charge in [0.2, 0.25) is 0 Å². The summed E-state index contributed by atoms with van der Waals surface area (Å²) in [6, 6.07) is -0.279. The Morgan fingerprint density at radius 2 is 2.47 bits per heavy atom. The maximum Gasteiger partial charge on any atom is 0.410 e. The maximum absolute atomic E-state index is 11.3. The van der Waals surface area contributed by atoms with Gasteiger partial charge in [-0.05, 0) is 0 Å². The number of carbonyl (C=O) groups excluding carboxylic acids is 1. The van der Waals surface area contributed by atoms with Gasteiger partial charge in [0.15, 0.2) is 0 Å². The van der Waals surface area contributed by atoms with Gasteiger partial charge in [0.05, 0.1) is 19.6 Å². The summed E-state index contributed by atoms with van der Waals surface area (Å²) in [7, 11) is 1.53. The molecule has 1 aliphatic heterocycles. The zero-order chi connectivity index (χ0) is 11.3. The number of rotatable bonds is 5. The van der Waals surface area contributed by atoms with Crippen molar-refractivity contribution in [2.24, 2.45) is 0 Å². The van der Waals surface area contributed by atoms with Gasteiger partial charge in [-0.15, -0.1) is 0 Å². The van der Waals surface area contributed by atoms with Crippen LogP contribution in [0.4, 0.5) is 4.79 Å². The topological polar surface area (TPSA) is 76.1 Å². The number of carbonyl (C=O) groups is 2. The third kappa shape index (κ3) is 3.39. The van der Waals surface area contributed by atoms with E-state index in [1.807, 2.05) is 0 Å².